The van der Waals surface area contributed by atoms with Gasteiger partial charge in [-0.15, -0.1) is 0 Å². The number of hydrogen-bond donors (Lipinski definition) is 2. The van der Waals surface area contributed by atoms with Gasteiger partial charge in [-0.2, -0.15) is 0 Å². The number of benzene rings is 2. The van der Waals surface area contributed by atoms with Gasteiger partial charge in [0.25, 0.3) is 5.91 Å². The van der Waals surface area contributed by atoms with Crippen LogP contribution in [0.15, 0.2) is 65.7 Å². The molecule has 0 unspecified atom stereocenters. The molecule has 0 saturated heterocycles. The average Bonchev–Trinajstić information content (AvgIpc) is 3.14. The van der Waals surface area contributed by atoms with Crippen LogP contribution < -0.4 is 20.6 Å². The fourth-order valence-electron chi connectivity index (χ4n) is 3.28. The first-order valence-electron chi connectivity index (χ1n) is 9.26. The molecule has 0 radical (unpaired) electrons. The molecular weight excluding hydrogens is 372 g/mol. The van der Waals surface area contributed by atoms with Gasteiger partial charge in [0, 0.05) is 31.0 Å². The lowest BCUT2D eigenvalue weighted by Gasteiger charge is -2.32. The molecule has 148 valence electrons. The van der Waals surface area contributed by atoms with Crippen molar-refractivity contribution in [2.75, 3.05) is 16.8 Å². The highest BCUT2D eigenvalue weighted by atomic mass is 16.5. The van der Waals surface area contributed by atoms with Crippen LogP contribution in [0.3, 0.4) is 0 Å². The Hall–Kier alpha value is -3.81. The molecular formula is C21H20N4O4. The molecule has 2 amide bonds. The number of carbonyl (C=O) groups is 2. The third-order valence-electron chi connectivity index (χ3n) is 4.69. The first-order chi connectivity index (χ1) is 14.0. The molecule has 1 aromatic heterocycles. The Balaban J connectivity index is 1.44. The molecule has 2 aromatic carbocycles. The van der Waals surface area contributed by atoms with E-state index in [9.17, 15) is 14.4 Å². The van der Waals surface area contributed by atoms with Crippen LogP contribution in [0.2, 0.25) is 0 Å². The van der Waals surface area contributed by atoms with Crippen molar-refractivity contribution in [1.82, 2.24) is 9.55 Å². The van der Waals surface area contributed by atoms with E-state index in [1.165, 1.54) is 4.57 Å². The molecule has 8 nitrogen and oxygen atoms in total. The zero-order chi connectivity index (χ0) is 20.4. The minimum Gasteiger partial charge on any atom is -0.479 e. The van der Waals surface area contributed by atoms with Gasteiger partial charge in [-0.25, -0.2) is 4.79 Å². The minimum atomic E-state index is -0.593. The predicted octanol–water partition coefficient (Wildman–Crippen LogP) is 2.31. The maximum Gasteiger partial charge on any atom is 0.330 e. The lowest BCUT2D eigenvalue weighted by atomic mass is 10.1. The van der Waals surface area contributed by atoms with Crippen molar-refractivity contribution >= 4 is 23.2 Å². The van der Waals surface area contributed by atoms with E-state index < -0.39 is 6.10 Å². The molecule has 2 N–H and O–H groups in total. The zero-order valence-corrected chi connectivity index (χ0v) is 15.8. The van der Waals surface area contributed by atoms with Gasteiger partial charge < -0.3 is 19.9 Å². The van der Waals surface area contributed by atoms with Crippen LogP contribution in [-0.2, 0) is 9.59 Å². The topological polar surface area (TPSA) is 96.4 Å². The SMILES string of the molecule is C[C@H]1Oc2ccccc2N(CCC(=O)Nc2cccc(-n3cc[nH]c3=O)c2)C1=O. The summed E-state index contributed by atoms with van der Waals surface area (Å²) < 4.78 is 7.06. The van der Waals surface area contributed by atoms with E-state index in [2.05, 4.69) is 10.3 Å². The number of imidazole rings is 1. The monoisotopic (exact) mass is 392 g/mol. The molecule has 0 saturated carbocycles. The normalized spacial score (nSPS) is 15.6. The third kappa shape index (κ3) is 3.77. The van der Waals surface area contributed by atoms with Gasteiger partial charge in [-0.3, -0.25) is 14.2 Å². The summed E-state index contributed by atoms with van der Waals surface area (Å²) in [5, 5.41) is 2.82. The Kier molecular flexibility index (Phi) is 4.90. The number of carbonyl (C=O) groups excluding carboxylic acids is 2. The molecule has 1 aliphatic rings. The molecule has 0 spiro atoms. The van der Waals surface area contributed by atoms with Crippen LogP contribution in [0.5, 0.6) is 5.75 Å². The number of hydrogen-bond acceptors (Lipinski definition) is 4. The van der Waals surface area contributed by atoms with Gasteiger partial charge in [0.2, 0.25) is 5.91 Å². The Labute approximate surface area is 166 Å². The number of fused-ring (bicyclic) bond motifs is 1. The number of amides is 2. The Morgan fingerprint density at radius 2 is 2.00 bits per heavy atom. The van der Waals surface area contributed by atoms with Gasteiger partial charge in [-0.1, -0.05) is 18.2 Å². The molecule has 3 aromatic rings. The Morgan fingerprint density at radius 1 is 1.17 bits per heavy atom. The van der Waals surface area contributed by atoms with Gasteiger partial charge in [0.05, 0.1) is 11.4 Å². The third-order valence-corrected chi connectivity index (χ3v) is 4.69. The Morgan fingerprint density at radius 3 is 2.79 bits per heavy atom. The summed E-state index contributed by atoms with van der Waals surface area (Å²) in [6.45, 7) is 1.94. The highest BCUT2D eigenvalue weighted by molar-refractivity contribution is 6.00. The van der Waals surface area contributed by atoms with Crippen molar-refractivity contribution in [2.45, 2.75) is 19.4 Å². The number of H-pyrrole nitrogens is 1. The predicted molar refractivity (Wildman–Crippen MR) is 109 cm³/mol. The van der Waals surface area contributed by atoms with E-state index in [-0.39, 0.29) is 30.5 Å². The highest BCUT2D eigenvalue weighted by Crippen LogP contribution is 2.33. The van der Waals surface area contributed by atoms with Crippen LogP contribution in [-0.4, -0.2) is 34.0 Å². The number of nitrogens with zero attached hydrogens (tertiary/aromatic N) is 2. The summed E-state index contributed by atoms with van der Waals surface area (Å²) in [6, 6.07) is 14.3. The second kappa shape index (κ2) is 7.67. The molecule has 2 heterocycles. The van der Waals surface area contributed by atoms with Crippen molar-refractivity contribution in [1.29, 1.82) is 0 Å². The molecule has 0 aliphatic carbocycles. The van der Waals surface area contributed by atoms with Crippen LogP contribution in [0.25, 0.3) is 5.69 Å². The summed E-state index contributed by atoms with van der Waals surface area (Å²) in [5.41, 5.74) is 1.62. The second-order valence-corrected chi connectivity index (χ2v) is 6.70. The summed E-state index contributed by atoms with van der Waals surface area (Å²) in [6.07, 6.45) is 2.70. The van der Waals surface area contributed by atoms with Crippen molar-refractivity contribution in [3.63, 3.8) is 0 Å². The van der Waals surface area contributed by atoms with Crippen molar-refractivity contribution in [2.24, 2.45) is 0 Å². The largest absolute Gasteiger partial charge is 0.479 e. The average molecular weight is 392 g/mol. The van der Waals surface area contributed by atoms with Crippen molar-refractivity contribution in [3.8, 4) is 11.4 Å². The van der Waals surface area contributed by atoms with Crippen LogP contribution in [0.4, 0.5) is 11.4 Å². The summed E-state index contributed by atoms with van der Waals surface area (Å²) >= 11 is 0. The molecule has 4 rings (SSSR count). The van der Waals surface area contributed by atoms with E-state index in [0.29, 0.717) is 22.8 Å². The van der Waals surface area contributed by atoms with E-state index >= 15 is 0 Å². The lowest BCUT2D eigenvalue weighted by molar-refractivity contribution is -0.125. The van der Waals surface area contributed by atoms with E-state index in [1.54, 1.807) is 60.6 Å². The summed E-state index contributed by atoms with van der Waals surface area (Å²) in [4.78, 5) is 40.9. The molecule has 8 heteroatoms. The molecule has 0 bridgehead atoms. The molecule has 1 atom stereocenters. The van der Waals surface area contributed by atoms with E-state index in [1.807, 2.05) is 12.1 Å². The standard InChI is InChI=1S/C21H20N4O4/c1-14-20(27)25(17-7-2-3-8-18(17)29-14)11-9-19(26)23-15-5-4-6-16(13-15)24-12-10-22-21(24)28/h2-8,10,12-14H,9,11H2,1H3,(H,22,28)(H,23,26)/t14-/m1/s1. The van der Waals surface area contributed by atoms with Gasteiger partial charge in [0.15, 0.2) is 6.10 Å². The first-order valence-corrected chi connectivity index (χ1v) is 9.26. The minimum absolute atomic E-state index is 0.126. The van der Waals surface area contributed by atoms with Crippen molar-refractivity contribution < 1.29 is 14.3 Å². The second-order valence-electron chi connectivity index (χ2n) is 6.70. The summed E-state index contributed by atoms with van der Waals surface area (Å²) in [7, 11) is 0. The molecule has 0 fully saturated rings. The van der Waals surface area contributed by atoms with E-state index in [4.69, 9.17) is 4.74 Å². The number of ether oxygens (including phenoxy) is 1. The maximum atomic E-state index is 12.5. The smallest absolute Gasteiger partial charge is 0.330 e. The van der Waals surface area contributed by atoms with Crippen LogP contribution in [0, 0.1) is 0 Å². The van der Waals surface area contributed by atoms with Crippen LogP contribution in [0.1, 0.15) is 13.3 Å². The zero-order valence-electron chi connectivity index (χ0n) is 15.8. The quantitative estimate of drug-likeness (QED) is 0.696. The Bertz CT molecular complexity index is 1120. The van der Waals surface area contributed by atoms with Crippen molar-refractivity contribution in [3.05, 3.63) is 71.4 Å². The lowest BCUT2D eigenvalue weighted by Crippen LogP contribution is -2.45. The first kappa shape index (κ1) is 18.5. The fraction of sp³-hybridized carbons (Fsp3) is 0.190. The van der Waals surface area contributed by atoms with Crippen LogP contribution >= 0.6 is 0 Å². The number of nitrogens with one attached hydrogen (secondary N) is 2. The number of aromatic nitrogens is 2. The number of rotatable bonds is 5. The fourth-order valence-corrected chi connectivity index (χ4v) is 3.28. The van der Waals surface area contributed by atoms with Gasteiger partial charge in [-0.05, 0) is 37.3 Å². The number of para-hydroxylation sites is 2. The summed E-state index contributed by atoms with van der Waals surface area (Å²) in [5.74, 6) is 0.225. The molecule has 1 aliphatic heterocycles. The van der Waals surface area contributed by atoms with Gasteiger partial charge >= 0.3 is 5.69 Å². The molecule has 29 heavy (non-hydrogen) atoms. The number of aromatic amines is 1. The maximum absolute atomic E-state index is 12.5. The number of anilines is 2. The van der Waals surface area contributed by atoms with Gasteiger partial charge in [0.1, 0.15) is 5.75 Å². The highest BCUT2D eigenvalue weighted by Gasteiger charge is 2.31. The van der Waals surface area contributed by atoms with E-state index in [0.717, 1.165) is 0 Å².